The van der Waals surface area contributed by atoms with Gasteiger partial charge in [-0.05, 0) is 30.3 Å². The molecule has 1 N–H and O–H groups in total. The summed E-state index contributed by atoms with van der Waals surface area (Å²) in [6, 6.07) is 14.4. The lowest BCUT2D eigenvalue weighted by Crippen LogP contribution is -2.22. The van der Waals surface area contributed by atoms with Crippen LogP contribution in [0, 0.1) is 11.3 Å². The zero-order chi connectivity index (χ0) is 14.7. The summed E-state index contributed by atoms with van der Waals surface area (Å²) in [5.41, 5.74) is 2.85. The van der Waals surface area contributed by atoms with E-state index >= 15 is 0 Å². The lowest BCUT2D eigenvalue weighted by molar-refractivity contribution is 0.0951. The van der Waals surface area contributed by atoms with Crippen LogP contribution in [0.15, 0.2) is 54.9 Å². The van der Waals surface area contributed by atoms with Gasteiger partial charge in [0.15, 0.2) is 0 Å². The van der Waals surface area contributed by atoms with Crippen LogP contribution in [0.25, 0.3) is 5.52 Å². The number of amides is 1. The van der Waals surface area contributed by atoms with Gasteiger partial charge in [-0.2, -0.15) is 10.4 Å². The first kappa shape index (κ1) is 12.9. The van der Waals surface area contributed by atoms with Gasteiger partial charge in [0.1, 0.15) is 0 Å². The molecule has 21 heavy (non-hydrogen) atoms. The molecule has 2 aromatic heterocycles. The van der Waals surface area contributed by atoms with Crippen LogP contribution in [0.5, 0.6) is 0 Å². The minimum absolute atomic E-state index is 0.206. The van der Waals surface area contributed by atoms with Gasteiger partial charge in [-0.25, -0.2) is 4.52 Å². The highest BCUT2D eigenvalue weighted by Crippen LogP contribution is 2.10. The number of aromatic nitrogens is 2. The molecule has 0 aliphatic carbocycles. The molecule has 0 radical (unpaired) electrons. The maximum absolute atomic E-state index is 12.1. The number of carbonyl (C=O) groups excluding carboxylic acids is 1. The van der Waals surface area contributed by atoms with Crippen molar-refractivity contribution >= 4 is 11.4 Å². The summed E-state index contributed by atoms with van der Waals surface area (Å²) in [4.78, 5) is 12.1. The van der Waals surface area contributed by atoms with Crippen molar-refractivity contribution in [2.45, 2.75) is 6.54 Å². The predicted molar refractivity (Wildman–Crippen MR) is 77.5 cm³/mol. The summed E-state index contributed by atoms with van der Waals surface area (Å²) in [7, 11) is 0. The number of benzene rings is 1. The Labute approximate surface area is 121 Å². The molecule has 0 bridgehead atoms. The molecule has 1 amide bonds. The van der Waals surface area contributed by atoms with Crippen molar-refractivity contribution < 1.29 is 4.79 Å². The van der Waals surface area contributed by atoms with Crippen LogP contribution in [0.3, 0.4) is 0 Å². The molecule has 0 saturated carbocycles. The van der Waals surface area contributed by atoms with E-state index < -0.39 is 0 Å². The SMILES string of the molecule is N#Cc1cccc(C(=O)NCc2cnn3ccccc23)c1. The van der Waals surface area contributed by atoms with Crippen molar-refractivity contribution in [1.82, 2.24) is 14.9 Å². The van der Waals surface area contributed by atoms with Crippen molar-refractivity contribution in [3.05, 3.63) is 71.5 Å². The molecule has 5 heteroatoms. The fraction of sp³-hybridized carbons (Fsp3) is 0.0625. The third kappa shape index (κ3) is 2.60. The standard InChI is InChI=1S/C16H12N4O/c17-9-12-4-3-5-13(8-12)16(21)18-10-14-11-19-20-7-2-1-6-15(14)20/h1-8,11H,10H2,(H,18,21). The van der Waals surface area contributed by atoms with E-state index in [0.29, 0.717) is 17.7 Å². The van der Waals surface area contributed by atoms with Crippen molar-refractivity contribution in [1.29, 1.82) is 5.26 Å². The summed E-state index contributed by atoms with van der Waals surface area (Å²) in [5.74, 6) is -0.206. The van der Waals surface area contributed by atoms with E-state index in [1.807, 2.05) is 30.5 Å². The molecule has 0 spiro atoms. The van der Waals surface area contributed by atoms with Gasteiger partial charge in [-0.3, -0.25) is 4.79 Å². The van der Waals surface area contributed by atoms with E-state index in [9.17, 15) is 4.79 Å². The minimum Gasteiger partial charge on any atom is -0.348 e. The highest BCUT2D eigenvalue weighted by molar-refractivity contribution is 5.94. The molecule has 102 valence electrons. The fourth-order valence-corrected chi connectivity index (χ4v) is 2.13. The van der Waals surface area contributed by atoms with Gasteiger partial charge in [0.25, 0.3) is 5.91 Å². The van der Waals surface area contributed by atoms with Crippen LogP contribution in [0.2, 0.25) is 0 Å². The second-order valence-electron chi connectivity index (χ2n) is 4.58. The molecular weight excluding hydrogens is 264 g/mol. The normalized spacial score (nSPS) is 10.2. The van der Waals surface area contributed by atoms with E-state index in [1.54, 1.807) is 35.0 Å². The number of nitrogens with zero attached hydrogens (tertiary/aromatic N) is 3. The molecule has 5 nitrogen and oxygen atoms in total. The van der Waals surface area contributed by atoms with Crippen molar-refractivity contribution in [2.75, 3.05) is 0 Å². The lowest BCUT2D eigenvalue weighted by atomic mass is 10.1. The summed E-state index contributed by atoms with van der Waals surface area (Å²) in [6.45, 7) is 0.392. The van der Waals surface area contributed by atoms with Crippen LogP contribution in [0.1, 0.15) is 21.5 Å². The maximum atomic E-state index is 12.1. The summed E-state index contributed by atoms with van der Waals surface area (Å²) in [5, 5.41) is 15.9. The number of rotatable bonds is 3. The molecule has 3 aromatic rings. The Balaban J connectivity index is 1.75. The van der Waals surface area contributed by atoms with E-state index in [1.165, 1.54) is 0 Å². The largest absolute Gasteiger partial charge is 0.348 e. The van der Waals surface area contributed by atoms with Crippen LogP contribution < -0.4 is 5.32 Å². The van der Waals surface area contributed by atoms with Gasteiger partial charge in [0.2, 0.25) is 0 Å². The van der Waals surface area contributed by atoms with Gasteiger partial charge >= 0.3 is 0 Å². The second kappa shape index (κ2) is 5.47. The molecule has 0 aliphatic heterocycles. The third-order valence-electron chi connectivity index (χ3n) is 3.20. The van der Waals surface area contributed by atoms with Crippen LogP contribution >= 0.6 is 0 Å². The van der Waals surface area contributed by atoms with E-state index in [0.717, 1.165) is 11.1 Å². The van der Waals surface area contributed by atoms with Crippen molar-refractivity contribution in [2.24, 2.45) is 0 Å². The Bertz CT molecular complexity index is 845. The molecule has 1 aromatic carbocycles. The first-order valence-corrected chi connectivity index (χ1v) is 6.47. The van der Waals surface area contributed by atoms with E-state index in [4.69, 9.17) is 5.26 Å². The Morgan fingerprint density at radius 3 is 3.05 bits per heavy atom. The quantitative estimate of drug-likeness (QED) is 0.796. The molecule has 0 fully saturated rings. The number of pyridine rings is 1. The monoisotopic (exact) mass is 276 g/mol. The van der Waals surface area contributed by atoms with Gasteiger partial charge in [-0.15, -0.1) is 0 Å². The fourth-order valence-electron chi connectivity index (χ4n) is 2.13. The molecule has 0 aliphatic rings. The van der Waals surface area contributed by atoms with Gasteiger partial charge in [-0.1, -0.05) is 12.1 Å². The van der Waals surface area contributed by atoms with E-state index in [-0.39, 0.29) is 5.91 Å². The average molecular weight is 276 g/mol. The smallest absolute Gasteiger partial charge is 0.251 e. The number of hydrogen-bond donors (Lipinski definition) is 1. The van der Waals surface area contributed by atoms with Crippen molar-refractivity contribution in [3.8, 4) is 6.07 Å². The Morgan fingerprint density at radius 2 is 2.19 bits per heavy atom. The van der Waals surface area contributed by atoms with Gasteiger partial charge in [0.05, 0.1) is 23.3 Å². The maximum Gasteiger partial charge on any atom is 0.251 e. The first-order chi connectivity index (χ1) is 10.3. The molecule has 3 rings (SSSR count). The summed E-state index contributed by atoms with van der Waals surface area (Å²) >= 11 is 0. The third-order valence-corrected chi connectivity index (χ3v) is 3.20. The second-order valence-corrected chi connectivity index (χ2v) is 4.58. The highest BCUT2D eigenvalue weighted by Gasteiger charge is 2.08. The minimum atomic E-state index is -0.206. The molecule has 2 heterocycles. The Kier molecular flexibility index (Phi) is 3.36. The molecule has 0 unspecified atom stereocenters. The van der Waals surface area contributed by atoms with Gasteiger partial charge < -0.3 is 5.32 Å². The van der Waals surface area contributed by atoms with Crippen LogP contribution in [0.4, 0.5) is 0 Å². The number of nitrogens with one attached hydrogen (secondary N) is 1. The number of carbonyl (C=O) groups is 1. The summed E-state index contributed by atoms with van der Waals surface area (Å²) < 4.78 is 1.76. The van der Waals surface area contributed by atoms with Crippen LogP contribution in [-0.2, 0) is 6.54 Å². The average Bonchev–Trinajstić information content (AvgIpc) is 2.96. The molecule has 0 saturated heterocycles. The first-order valence-electron chi connectivity index (χ1n) is 6.47. The predicted octanol–water partition coefficient (Wildman–Crippen LogP) is 2.14. The number of hydrogen-bond acceptors (Lipinski definition) is 3. The van der Waals surface area contributed by atoms with Crippen molar-refractivity contribution in [3.63, 3.8) is 0 Å². The van der Waals surface area contributed by atoms with E-state index in [2.05, 4.69) is 10.4 Å². The number of fused-ring (bicyclic) bond motifs is 1. The topological polar surface area (TPSA) is 70.2 Å². The zero-order valence-corrected chi connectivity index (χ0v) is 11.2. The Morgan fingerprint density at radius 1 is 1.29 bits per heavy atom. The number of nitriles is 1. The summed E-state index contributed by atoms with van der Waals surface area (Å²) in [6.07, 6.45) is 3.60. The molecular formula is C16H12N4O. The zero-order valence-electron chi connectivity index (χ0n) is 11.2. The van der Waals surface area contributed by atoms with Gasteiger partial charge in [0, 0.05) is 23.9 Å². The lowest BCUT2D eigenvalue weighted by Gasteiger charge is -2.04. The Hall–Kier alpha value is -3.13. The molecule has 0 atom stereocenters. The highest BCUT2D eigenvalue weighted by atomic mass is 16.1. The van der Waals surface area contributed by atoms with Crippen LogP contribution in [-0.4, -0.2) is 15.5 Å².